The van der Waals surface area contributed by atoms with Crippen molar-refractivity contribution in [1.29, 1.82) is 5.26 Å². The highest BCUT2D eigenvalue weighted by Crippen LogP contribution is 2.19. The summed E-state index contributed by atoms with van der Waals surface area (Å²) in [5, 5.41) is 12.2. The molecule has 100 valence electrons. The normalized spacial score (nSPS) is 13.2. The van der Waals surface area contributed by atoms with Gasteiger partial charge in [-0.3, -0.25) is 0 Å². The minimum atomic E-state index is -0.272. The summed E-state index contributed by atoms with van der Waals surface area (Å²) in [6.45, 7) is 3.75. The Morgan fingerprint density at radius 2 is 2.05 bits per heavy atom. The number of nitrogens with zero attached hydrogens (tertiary/aromatic N) is 1. The highest BCUT2D eigenvalue weighted by Gasteiger charge is 2.12. The van der Waals surface area contributed by atoms with E-state index in [1.807, 2.05) is 13.0 Å². The molecule has 0 aliphatic heterocycles. The van der Waals surface area contributed by atoms with E-state index >= 15 is 0 Å². The highest BCUT2D eigenvalue weighted by molar-refractivity contribution is 7.80. The van der Waals surface area contributed by atoms with Crippen molar-refractivity contribution in [3.8, 4) is 6.07 Å². The maximum absolute atomic E-state index is 12.9. The molecule has 19 heavy (non-hydrogen) atoms. The van der Waals surface area contributed by atoms with E-state index < -0.39 is 0 Å². The lowest BCUT2D eigenvalue weighted by atomic mass is 10.0. The molecule has 0 aliphatic rings. The summed E-state index contributed by atoms with van der Waals surface area (Å²) in [5.74, 6) is -0.272. The third kappa shape index (κ3) is 4.04. The van der Waals surface area contributed by atoms with Gasteiger partial charge in [-0.1, -0.05) is 31.3 Å². The summed E-state index contributed by atoms with van der Waals surface area (Å²) < 4.78 is 12.9. The first-order chi connectivity index (χ1) is 8.99. The largest absolute Gasteiger partial charge is 0.389 e. The van der Waals surface area contributed by atoms with E-state index in [1.165, 1.54) is 12.1 Å². The average molecular weight is 277 g/mol. The van der Waals surface area contributed by atoms with Gasteiger partial charge in [0.05, 0.1) is 6.04 Å². The second-order valence-electron chi connectivity index (χ2n) is 4.13. The molecule has 1 aromatic rings. The SMILES string of the molecule is CCC(NC(C)=C(C#N)C(N)=S)c1ccc(F)cc1. The van der Waals surface area contributed by atoms with Gasteiger partial charge in [-0.15, -0.1) is 0 Å². The minimum absolute atomic E-state index is 0.0155. The molecule has 0 heterocycles. The topological polar surface area (TPSA) is 61.8 Å². The molecule has 3 N–H and O–H groups in total. The molecule has 0 saturated carbocycles. The van der Waals surface area contributed by atoms with Gasteiger partial charge in [-0.2, -0.15) is 5.26 Å². The van der Waals surface area contributed by atoms with Crippen LogP contribution in [0.4, 0.5) is 4.39 Å². The smallest absolute Gasteiger partial charge is 0.123 e. The molecule has 0 saturated heterocycles. The molecular weight excluding hydrogens is 261 g/mol. The van der Waals surface area contributed by atoms with Gasteiger partial charge in [0.2, 0.25) is 0 Å². The van der Waals surface area contributed by atoms with Crippen molar-refractivity contribution in [1.82, 2.24) is 5.32 Å². The molecule has 1 atom stereocenters. The summed E-state index contributed by atoms with van der Waals surface area (Å²) >= 11 is 4.82. The second-order valence-corrected chi connectivity index (χ2v) is 4.57. The van der Waals surface area contributed by atoms with Crippen LogP contribution in [0.15, 0.2) is 35.5 Å². The van der Waals surface area contributed by atoms with Gasteiger partial charge >= 0.3 is 0 Å². The van der Waals surface area contributed by atoms with Crippen LogP contribution < -0.4 is 11.1 Å². The lowest BCUT2D eigenvalue weighted by Gasteiger charge is -2.20. The first kappa shape index (κ1) is 15.1. The van der Waals surface area contributed by atoms with Gasteiger partial charge < -0.3 is 11.1 Å². The Bertz CT molecular complexity index is 529. The first-order valence-electron chi connectivity index (χ1n) is 5.92. The van der Waals surface area contributed by atoms with E-state index in [-0.39, 0.29) is 22.4 Å². The molecule has 5 heteroatoms. The Hall–Kier alpha value is -1.93. The molecule has 1 rings (SSSR count). The van der Waals surface area contributed by atoms with Gasteiger partial charge in [0.15, 0.2) is 0 Å². The van der Waals surface area contributed by atoms with Gasteiger partial charge in [-0.25, -0.2) is 4.39 Å². The zero-order valence-corrected chi connectivity index (χ0v) is 11.7. The van der Waals surface area contributed by atoms with E-state index in [1.54, 1.807) is 19.1 Å². The number of allylic oxidation sites excluding steroid dienone is 1. The van der Waals surface area contributed by atoms with Gasteiger partial charge in [0.25, 0.3) is 0 Å². The zero-order valence-electron chi connectivity index (χ0n) is 10.9. The molecule has 0 aromatic heterocycles. The van der Waals surface area contributed by atoms with Crippen molar-refractivity contribution in [2.45, 2.75) is 26.3 Å². The molecule has 0 spiro atoms. The molecule has 0 fully saturated rings. The van der Waals surface area contributed by atoms with Crippen molar-refractivity contribution in [3.05, 3.63) is 46.9 Å². The third-order valence-corrected chi connectivity index (χ3v) is 3.01. The molecule has 0 aliphatic carbocycles. The number of hydrogen-bond acceptors (Lipinski definition) is 3. The lowest BCUT2D eigenvalue weighted by molar-refractivity contribution is 0.574. The molecule has 0 radical (unpaired) electrons. The number of nitriles is 1. The van der Waals surface area contributed by atoms with Gasteiger partial charge in [0.1, 0.15) is 22.4 Å². The Labute approximate surface area is 117 Å². The van der Waals surface area contributed by atoms with Gasteiger partial charge in [0, 0.05) is 5.70 Å². The van der Waals surface area contributed by atoms with Crippen LogP contribution >= 0.6 is 12.2 Å². The van der Waals surface area contributed by atoms with Crippen LogP contribution in [0, 0.1) is 17.1 Å². The standard InChI is InChI=1S/C14H16FN3S/c1-3-13(10-4-6-11(15)7-5-10)18-9(2)12(8-16)14(17)19/h4-7,13,18H,3H2,1-2H3,(H2,17,19). The van der Waals surface area contributed by atoms with Crippen LogP contribution in [-0.2, 0) is 0 Å². The molecule has 3 nitrogen and oxygen atoms in total. The quantitative estimate of drug-likeness (QED) is 0.493. The predicted molar refractivity (Wildman–Crippen MR) is 77.7 cm³/mol. The van der Waals surface area contributed by atoms with Crippen molar-refractivity contribution in [2.75, 3.05) is 0 Å². The van der Waals surface area contributed by atoms with E-state index in [9.17, 15) is 4.39 Å². The number of nitrogens with one attached hydrogen (secondary N) is 1. The number of hydrogen-bond donors (Lipinski definition) is 2. The van der Waals surface area contributed by atoms with E-state index in [0.29, 0.717) is 5.70 Å². The highest BCUT2D eigenvalue weighted by atomic mass is 32.1. The Balaban J connectivity index is 2.98. The number of rotatable bonds is 5. The fourth-order valence-corrected chi connectivity index (χ4v) is 1.97. The van der Waals surface area contributed by atoms with E-state index in [4.69, 9.17) is 23.2 Å². The van der Waals surface area contributed by atoms with Gasteiger partial charge in [-0.05, 0) is 31.0 Å². The molecule has 1 aromatic carbocycles. The Kier molecular flexibility index (Phi) is 5.46. The predicted octanol–water partition coefficient (Wildman–Crippen LogP) is 2.95. The minimum Gasteiger partial charge on any atom is -0.389 e. The summed E-state index contributed by atoms with van der Waals surface area (Å²) in [7, 11) is 0. The average Bonchev–Trinajstić information content (AvgIpc) is 2.37. The van der Waals surface area contributed by atoms with Crippen LogP contribution in [0.5, 0.6) is 0 Å². The fraction of sp³-hybridized carbons (Fsp3) is 0.286. The van der Waals surface area contributed by atoms with Crippen LogP contribution in [0.3, 0.4) is 0 Å². The summed E-state index contributed by atoms with van der Waals surface area (Å²) in [6, 6.07) is 8.23. The van der Waals surface area contributed by atoms with Crippen molar-refractivity contribution in [3.63, 3.8) is 0 Å². The molecular formula is C14H16FN3S. The molecule has 0 bridgehead atoms. The van der Waals surface area contributed by atoms with E-state index in [2.05, 4.69) is 5.32 Å². The number of halogens is 1. The van der Waals surface area contributed by atoms with Crippen LogP contribution in [0.25, 0.3) is 0 Å². The van der Waals surface area contributed by atoms with E-state index in [0.717, 1.165) is 12.0 Å². The summed E-state index contributed by atoms with van der Waals surface area (Å²) in [4.78, 5) is 0.0708. The Morgan fingerprint density at radius 1 is 1.47 bits per heavy atom. The number of nitrogens with two attached hydrogens (primary N) is 1. The first-order valence-corrected chi connectivity index (χ1v) is 6.33. The van der Waals surface area contributed by atoms with Crippen LogP contribution in [0.1, 0.15) is 31.9 Å². The second kappa shape index (κ2) is 6.86. The lowest BCUT2D eigenvalue weighted by Crippen LogP contribution is -2.23. The summed E-state index contributed by atoms with van der Waals surface area (Å²) in [6.07, 6.45) is 0.791. The van der Waals surface area contributed by atoms with Crippen LogP contribution in [0.2, 0.25) is 0 Å². The maximum atomic E-state index is 12.9. The number of thiocarbonyl (C=S) groups is 1. The van der Waals surface area contributed by atoms with Crippen LogP contribution in [-0.4, -0.2) is 4.99 Å². The zero-order chi connectivity index (χ0) is 14.4. The Morgan fingerprint density at radius 3 is 2.47 bits per heavy atom. The number of benzene rings is 1. The van der Waals surface area contributed by atoms with Crippen molar-refractivity contribution >= 4 is 17.2 Å². The molecule has 1 unspecified atom stereocenters. The van der Waals surface area contributed by atoms with Crippen molar-refractivity contribution in [2.24, 2.45) is 5.73 Å². The summed E-state index contributed by atoms with van der Waals surface area (Å²) in [5.41, 5.74) is 7.34. The van der Waals surface area contributed by atoms with Crippen molar-refractivity contribution < 1.29 is 4.39 Å². The molecule has 0 amide bonds. The third-order valence-electron chi connectivity index (χ3n) is 2.80. The fourth-order valence-electron chi connectivity index (χ4n) is 1.77. The maximum Gasteiger partial charge on any atom is 0.123 e. The monoisotopic (exact) mass is 277 g/mol.